The third kappa shape index (κ3) is 2.90. The van der Waals surface area contributed by atoms with Gasteiger partial charge >= 0.3 is 0 Å². The topological polar surface area (TPSA) is 38.1 Å². The fourth-order valence-electron chi connectivity index (χ4n) is 3.30. The lowest BCUT2D eigenvalue weighted by molar-refractivity contribution is 0.0731. The van der Waals surface area contributed by atoms with E-state index in [0.717, 1.165) is 36.5 Å². The van der Waals surface area contributed by atoms with Crippen LogP contribution < -0.4 is 0 Å². The van der Waals surface area contributed by atoms with Gasteiger partial charge in [-0.25, -0.2) is 4.98 Å². The average Bonchev–Trinajstić information content (AvgIpc) is 2.91. The van der Waals surface area contributed by atoms with Gasteiger partial charge in [-0.2, -0.15) is 0 Å². The summed E-state index contributed by atoms with van der Waals surface area (Å²) in [6.45, 7) is 7.82. The lowest BCUT2D eigenvalue weighted by atomic mass is 10.1. The molecule has 0 saturated carbocycles. The molecule has 1 amide bonds. The van der Waals surface area contributed by atoms with Crippen LogP contribution in [0, 0.1) is 0 Å². The van der Waals surface area contributed by atoms with Crippen molar-refractivity contribution in [3.8, 4) is 0 Å². The van der Waals surface area contributed by atoms with Crippen LogP contribution in [0.5, 0.6) is 0 Å². The Kier molecular flexibility index (Phi) is 4.24. The van der Waals surface area contributed by atoms with Gasteiger partial charge < -0.3 is 9.47 Å². The first-order chi connectivity index (χ1) is 11.0. The Morgan fingerprint density at radius 1 is 1.26 bits per heavy atom. The lowest BCUT2D eigenvalue weighted by Crippen LogP contribution is -2.36. The molecule has 23 heavy (non-hydrogen) atoms. The van der Waals surface area contributed by atoms with E-state index in [4.69, 9.17) is 4.98 Å². The number of hydrogen-bond donors (Lipinski definition) is 0. The van der Waals surface area contributed by atoms with Gasteiger partial charge in [-0.05, 0) is 24.1 Å². The van der Waals surface area contributed by atoms with Crippen molar-refractivity contribution < 1.29 is 4.79 Å². The van der Waals surface area contributed by atoms with Gasteiger partial charge in [0, 0.05) is 37.2 Å². The molecule has 4 heteroatoms. The van der Waals surface area contributed by atoms with Crippen molar-refractivity contribution in [2.75, 3.05) is 6.54 Å². The molecule has 0 saturated heterocycles. The third-order valence-electron chi connectivity index (χ3n) is 4.70. The van der Waals surface area contributed by atoms with E-state index >= 15 is 0 Å². The number of carbonyl (C=O) groups excluding carboxylic acids is 1. The summed E-state index contributed by atoms with van der Waals surface area (Å²) in [5.74, 6) is 1.61. The second-order valence-electron chi connectivity index (χ2n) is 6.60. The summed E-state index contributed by atoms with van der Waals surface area (Å²) in [6, 6.07) is 7.96. The summed E-state index contributed by atoms with van der Waals surface area (Å²) in [5, 5.41) is 0. The monoisotopic (exact) mass is 311 g/mol. The Labute approximate surface area is 138 Å². The molecule has 2 heterocycles. The predicted octanol–water partition coefficient (Wildman–Crippen LogP) is 3.30. The number of benzene rings is 1. The summed E-state index contributed by atoms with van der Waals surface area (Å²) < 4.78 is 2.21. The van der Waals surface area contributed by atoms with Crippen LogP contribution in [0.2, 0.25) is 0 Å². The minimum atomic E-state index is 0.107. The molecule has 0 radical (unpaired) electrons. The molecule has 122 valence electrons. The van der Waals surface area contributed by atoms with Crippen LogP contribution in [-0.2, 0) is 26.4 Å². The standard InChI is InChI=1S/C19H25N3O/c1-5-14-6-8-15(9-7-14)19(23)22-11-10-17-16(12-22)20-18(13(2)3)21(17)4/h6-9,13H,5,10-12H2,1-4H3. The van der Waals surface area contributed by atoms with Crippen molar-refractivity contribution in [1.29, 1.82) is 0 Å². The molecule has 0 fully saturated rings. The molecular formula is C19H25N3O. The van der Waals surface area contributed by atoms with Crippen LogP contribution in [0.4, 0.5) is 0 Å². The summed E-state index contributed by atoms with van der Waals surface area (Å²) in [4.78, 5) is 19.4. The predicted molar refractivity (Wildman–Crippen MR) is 91.6 cm³/mol. The molecule has 4 nitrogen and oxygen atoms in total. The van der Waals surface area contributed by atoms with Crippen molar-refractivity contribution in [3.05, 3.63) is 52.6 Å². The molecule has 1 aromatic heterocycles. The van der Waals surface area contributed by atoms with Crippen LogP contribution in [0.3, 0.4) is 0 Å². The van der Waals surface area contributed by atoms with Gasteiger partial charge in [-0.1, -0.05) is 32.9 Å². The van der Waals surface area contributed by atoms with Gasteiger partial charge in [-0.3, -0.25) is 4.79 Å². The number of rotatable bonds is 3. The van der Waals surface area contributed by atoms with Gasteiger partial charge in [0.2, 0.25) is 0 Å². The van der Waals surface area contributed by atoms with Crippen LogP contribution in [-0.4, -0.2) is 26.9 Å². The van der Waals surface area contributed by atoms with E-state index in [0.29, 0.717) is 12.5 Å². The van der Waals surface area contributed by atoms with Crippen molar-refractivity contribution >= 4 is 5.91 Å². The molecule has 0 aliphatic carbocycles. The molecule has 1 aliphatic rings. The fraction of sp³-hybridized carbons (Fsp3) is 0.474. The number of imidazole rings is 1. The Bertz CT molecular complexity index is 713. The zero-order valence-electron chi connectivity index (χ0n) is 14.5. The molecule has 0 unspecified atom stereocenters. The zero-order chi connectivity index (χ0) is 16.6. The average molecular weight is 311 g/mol. The van der Waals surface area contributed by atoms with Crippen LogP contribution in [0.1, 0.15) is 59.8 Å². The van der Waals surface area contributed by atoms with Gasteiger partial charge in [0.15, 0.2) is 0 Å². The Morgan fingerprint density at radius 2 is 1.96 bits per heavy atom. The van der Waals surface area contributed by atoms with Crippen LogP contribution in [0.15, 0.2) is 24.3 Å². The highest BCUT2D eigenvalue weighted by Crippen LogP contribution is 2.24. The summed E-state index contributed by atoms with van der Waals surface area (Å²) in [7, 11) is 2.09. The number of hydrogen-bond acceptors (Lipinski definition) is 2. The van der Waals surface area contributed by atoms with Gasteiger partial charge in [0.05, 0.1) is 12.2 Å². The third-order valence-corrected chi connectivity index (χ3v) is 4.70. The van der Waals surface area contributed by atoms with Gasteiger partial charge in [0.25, 0.3) is 5.91 Å². The zero-order valence-corrected chi connectivity index (χ0v) is 14.5. The summed E-state index contributed by atoms with van der Waals surface area (Å²) in [6.07, 6.45) is 1.87. The maximum Gasteiger partial charge on any atom is 0.254 e. The fourth-order valence-corrected chi connectivity index (χ4v) is 3.30. The maximum absolute atomic E-state index is 12.7. The second kappa shape index (κ2) is 6.19. The maximum atomic E-state index is 12.7. The smallest absolute Gasteiger partial charge is 0.254 e. The highest BCUT2D eigenvalue weighted by Gasteiger charge is 2.26. The highest BCUT2D eigenvalue weighted by atomic mass is 16.2. The Hall–Kier alpha value is -2.10. The van der Waals surface area contributed by atoms with Crippen molar-refractivity contribution in [2.24, 2.45) is 7.05 Å². The molecule has 0 N–H and O–H groups in total. The van der Waals surface area contributed by atoms with Crippen LogP contribution in [0.25, 0.3) is 0 Å². The number of carbonyl (C=O) groups is 1. The number of aromatic nitrogens is 2. The van der Waals surface area contributed by atoms with Gasteiger partial charge in [-0.15, -0.1) is 0 Å². The SMILES string of the molecule is CCc1ccc(C(=O)N2CCc3c(nc(C(C)C)n3C)C2)cc1. The molecule has 0 atom stereocenters. The molecule has 0 spiro atoms. The molecule has 0 bridgehead atoms. The second-order valence-corrected chi connectivity index (χ2v) is 6.60. The van der Waals surface area contributed by atoms with E-state index in [-0.39, 0.29) is 5.91 Å². The lowest BCUT2D eigenvalue weighted by Gasteiger charge is -2.27. The normalized spacial score (nSPS) is 14.2. The van der Waals surface area contributed by atoms with Gasteiger partial charge in [0.1, 0.15) is 5.82 Å². The number of nitrogens with zero attached hydrogens (tertiary/aromatic N) is 3. The van der Waals surface area contributed by atoms with E-state index in [1.807, 2.05) is 29.2 Å². The first-order valence-corrected chi connectivity index (χ1v) is 8.43. The minimum Gasteiger partial charge on any atom is -0.334 e. The number of amides is 1. The molecule has 3 rings (SSSR count). The van der Waals surface area contributed by atoms with Crippen molar-refractivity contribution in [3.63, 3.8) is 0 Å². The van der Waals surface area contributed by atoms with E-state index in [2.05, 4.69) is 32.4 Å². The molecule has 1 aromatic carbocycles. The molecule has 1 aliphatic heterocycles. The van der Waals surface area contributed by atoms with E-state index in [1.54, 1.807) is 0 Å². The first kappa shape index (κ1) is 15.8. The quantitative estimate of drug-likeness (QED) is 0.872. The van der Waals surface area contributed by atoms with Crippen LogP contribution >= 0.6 is 0 Å². The summed E-state index contributed by atoms with van der Waals surface area (Å²) >= 11 is 0. The Balaban J connectivity index is 1.81. The molecule has 2 aromatic rings. The molecular weight excluding hydrogens is 286 g/mol. The van der Waals surface area contributed by atoms with E-state index < -0.39 is 0 Å². The first-order valence-electron chi connectivity index (χ1n) is 8.43. The van der Waals surface area contributed by atoms with Crippen molar-refractivity contribution in [2.45, 2.75) is 46.1 Å². The largest absolute Gasteiger partial charge is 0.334 e. The van der Waals surface area contributed by atoms with E-state index in [9.17, 15) is 4.79 Å². The highest BCUT2D eigenvalue weighted by molar-refractivity contribution is 5.94. The summed E-state index contributed by atoms with van der Waals surface area (Å²) in [5.41, 5.74) is 4.36. The minimum absolute atomic E-state index is 0.107. The number of fused-ring (bicyclic) bond motifs is 1. The van der Waals surface area contributed by atoms with Crippen molar-refractivity contribution in [1.82, 2.24) is 14.5 Å². The number of aryl methyl sites for hydroxylation is 1. The Morgan fingerprint density at radius 3 is 2.57 bits per heavy atom. The van der Waals surface area contributed by atoms with E-state index in [1.165, 1.54) is 11.3 Å².